The summed E-state index contributed by atoms with van der Waals surface area (Å²) >= 11 is 0. The van der Waals surface area contributed by atoms with Crippen LogP contribution in [0.3, 0.4) is 0 Å². The molecule has 1 unspecified atom stereocenters. The summed E-state index contributed by atoms with van der Waals surface area (Å²) in [6, 6.07) is 4.60. The number of ether oxygens (including phenoxy) is 1. The van der Waals surface area contributed by atoms with Crippen molar-refractivity contribution in [3.05, 3.63) is 29.8 Å². The molecule has 0 spiro atoms. The van der Waals surface area contributed by atoms with E-state index in [1.807, 2.05) is 0 Å². The van der Waals surface area contributed by atoms with Crippen LogP contribution in [0.15, 0.2) is 24.3 Å². The van der Waals surface area contributed by atoms with Crippen LogP contribution < -0.4 is 4.74 Å². The van der Waals surface area contributed by atoms with E-state index in [1.54, 1.807) is 6.92 Å². The molecule has 0 bridgehead atoms. The van der Waals surface area contributed by atoms with Crippen LogP contribution in [0.1, 0.15) is 18.9 Å². The molecule has 0 saturated carbocycles. The Bertz CT molecular complexity index is 336. The largest absolute Gasteiger partial charge is 0.491 e. The van der Waals surface area contributed by atoms with Gasteiger partial charge >= 0.3 is 6.18 Å². The lowest BCUT2D eigenvalue weighted by molar-refractivity contribution is -0.137. The van der Waals surface area contributed by atoms with E-state index in [9.17, 15) is 18.3 Å². The number of hydrogen-bond acceptors (Lipinski definition) is 2. The predicted octanol–water partition coefficient (Wildman–Crippen LogP) is 2.86. The highest BCUT2D eigenvalue weighted by atomic mass is 19.4. The van der Waals surface area contributed by atoms with E-state index in [0.717, 1.165) is 12.1 Å². The van der Waals surface area contributed by atoms with Gasteiger partial charge in [-0.3, -0.25) is 0 Å². The number of rotatable bonds is 4. The van der Waals surface area contributed by atoms with Crippen LogP contribution >= 0.6 is 0 Å². The molecule has 0 fully saturated rings. The van der Waals surface area contributed by atoms with Crippen molar-refractivity contribution in [3.8, 4) is 5.75 Å². The van der Waals surface area contributed by atoms with E-state index in [-0.39, 0.29) is 12.4 Å². The molecule has 1 rings (SSSR count). The molecule has 1 aromatic carbocycles. The fourth-order valence-electron chi connectivity index (χ4n) is 1.07. The van der Waals surface area contributed by atoms with Gasteiger partial charge in [0.1, 0.15) is 12.4 Å². The van der Waals surface area contributed by atoms with Gasteiger partial charge in [0.15, 0.2) is 0 Å². The van der Waals surface area contributed by atoms with Crippen molar-refractivity contribution in [3.63, 3.8) is 0 Å². The molecule has 90 valence electrons. The number of halogens is 3. The zero-order valence-electron chi connectivity index (χ0n) is 8.79. The van der Waals surface area contributed by atoms with Crippen molar-refractivity contribution in [2.24, 2.45) is 0 Å². The van der Waals surface area contributed by atoms with Crippen molar-refractivity contribution in [2.45, 2.75) is 25.6 Å². The highest BCUT2D eigenvalue weighted by Gasteiger charge is 2.30. The second-order valence-corrected chi connectivity index (χ2v) is 3.40. The summed E-state index contributed by atoms with van der Waals surface area (Å²) in [5.74, 6) is 0.113. The van der Waals surface area contributed by atoms with Gasteiger partial charge in [0.25, 0.3) is 0 Å². The lowest BCUT2D eigenvalue weighted by Crippen LogP contribution is -2.16. The first-order valence-corrected chi connectivity index (χ1v) is 4.91. The first-order chi connectivity index (χ1) is 7.43. The zero-order chi connectivity index (χ0) is 12.2. The number of alkyl halides is 3. The highest BCUT2D eigenvalue weighted by Crippen LogP contribution is 2.31. The SMILES string of the molecule is CCC(O)COc1cccc(C(F)(F)F)c1. The topological polar surface area (TPSA) is 29.5 Å². The van der Waals surface area contributed by atoms with Crippen molar-refractivity contribution in [2.75, 3.05) is 6.61 Å². The van der Waals surface area contributed by atoms with Crippen LogP contribution in [-0.2, 0) is 6.18 Å². The molecule has 1 atom stereocenters. The summed E-state index contributed by atoms with van der Waals surface area (Å²) < 4.78 is 42.0. The Labute approximate surface area is 91.7 Å². The molecule has 0 aliphatic rings. The van der Waals surface area contributed by atoms with Gasteiger partial charge < -0.3 is 9.84 Å². The maximum atomic E-state index is 12.3. The van der Waals surface area contributed by atoms with Crippen LogP contribution in [-0.4, -0.2) is 17.8 Å². The minimum absolute atomic E-state index is 0.00217. The molecule has 1 aromatic rings. The van der Waals surface area contributed by atoms with E-state index in [4.69, 9.17) is 4.74 Å². The Morgan fingerprint density at radius 2 is 2.06 bits per heavy atom. The third-order valence-electron chi connectivity index (χ3n) is 2.07. The fraction of sp³-hybridized carbons (Fsp3) is 0.455. The molecular weight excluding hydrogens is 221 g/mol. The van der Waals surface area contributed by atoms with Crippen LogP contribution in [0, 0.1) is 0 Å². The summed E-state index contributed by atoms with van der Waals surface area (Å²) in [5.41, 5.74) is -0.754. The quantitative estimate of drug-likeness (QED) is 0.868. The van der Waals surface area contributed by atoms with E-state index < -0.39 is 17.8 Å². The molecule has 0 heterocycles. The molecule has 0 amide bonds. The van der Waals surface area contributed by atoms with Crippen LogP contribution in [0.5, 0.6) is 5.75 Å². The van der Waals surface area contributed by atoms with Crippen molar-refractivity contribution in [1.29, 1.82) is 0 Å². The smallest absolute Gasteiger partial charge is 0.416 e. The minimum atomic E-state index is -4.37. The number of benzene rings is 1. The third kappa shape index (κ3) is 3.73. The van der Waals surface area contributed by atoms with Crippen molar-refractivity contribution in [1.82, 2.24) is 0 Å². The molecule has 1 N–H and O–H groups in total. The normalized spacial score (nSPS) is 13.6. The Morgan fingerprint density at radius 3 is 2.62 bits per heavy atom. The Kier molecular flexibility index (Phi) is 4.18. The first kappa shape index (κ1) is 12.8. The lowest BCUT2D eigenvalue weighted by atomic mass is 10.2. The van der Waals surface area contributed by atoms with E-state index in [1.165, 1.54) is 12.1 Å². The maximum Gasteiger partial charge on any atom is 0.416 e. The van der Waals surface area contributed by atoms with E-state index >= 15 is 0 Å². The third-order valence-corrected chi connectivity index (χ3v) is 2.07. The lowest BCUT2D eigenvalue weighted by Gasteiger charge is -2.12. The van der Waals surface area contributed by atoms with Gasteiger partial charge in [0, 0.05) is 0 Å². The molecule has 2 nitrogen and oxygen atoms in total. The Hall–Kier alpha value is -1.23. The number of aliphatic hydroxyl groups excluding tert-OH is 1. The number of hydrogen-bond donors (Lipinski definition) is 1. The van der Waals surface area contributed by atoms with Gasteiger partial charge in [-0.2, -0.15) is 13.2 Å². The summed E-state index contributed by atoms with van der Waals surface area (Å²) in [4.78, 5) is 0. The Balaban J connectivity index is 2.68. The standard InChI is InChI=1S/C11H13F3O2/c1-2-9(15)7-16-10-5-3-4-8(6-10)11(12,13)14/h3-6,9,15H,2,7H2,1H3. The van der Waals surface area contributed by atoms with Crippen molar-refractivity contribution < 1.29 is 23.0 Å². The van der Waals surface area contributed by atoms with Crippen LogP contribution in [0.4, 0.5) is 13.2 Å². The molecule has 5 heteroatoms. The molecule has 16 heavy (non-hydrogen) atoms. The van der Waals surface area contributed by atoms with E-state index in [0.29, 0.717) is 6.42 Å². The minimum Gasteiger partial charge on any atom is -0.491 e. The molecule has 0 radical (unpaired) electrons. The van der Waals surface area contributed by atoms with Gasteiger partial charge in [-0.15, -0.1) is 0 Å². The molecule has 0 aromatic heterocycles. The average molecular weight is 234 g/mol. The first-order valence-electron chi connectivity index (χ1n) is 4.91. The van der Waals surface area contributed by atoms with Crippen LogP contribution in [0.2, 0.25) is 0 Å². The average Bonchev–Trinajstić information content (AvgIpc) is 2.25. The van der Waals surface area contributed by atoms with Gasteiger partial charge in [-0.1, -0.05) is 13.0 Å². The molecule has 0 aliphatic carbocycles. The number of aliphatic hydroxyl groups is 1. The predicted molar refractivity (Wildman–Crippen MR) is 53.2 cm³/mol. The fourth-order valence-corrected chi connectivity index (χ4v) is 1.07. The van der Waals surface area contributed by atoms with Crippen molar-refractivity contribution >= 4 is 0 Å². The summed E-state index contributed by atoms with van der Waals surface area (Å²) in [5, 5.41) is 9.20. The highest BCUT2D eigenvalue weighted by molar-refractivity contribution is 5.30. The van der Waals surface area contributed by atoms with Gasteiger partial charge in [0.2, 0.25) is 0 Å². The summed E-state index contributed by atoms with van der Waals surface area (Å²) in [6.45, 7) is 1.76. The van der Waals surface area contributed by atoms with E-state index in [2.05, 4.69) is 0 Å². The second kappa shape index (κ2) is 5.21. The summed E-state index contributed by atoms with van der Waals surface area (Å²) in [6.07, 6.45) is -4.53. The monoisotopic (exact) mass is 234 g/mol. The maximum absolute atomic E-state index is 12.3. The Morgan fingerprint density at radius 1 is 1.38 bits per heavy atom. The molecular formula is C11H13F3O2. The molecule has 0 aliphatic heterocycles. The molecule has 0 saturated heterocycles. The van der Waals surface area contributed by atoms with Gasteiger partial charge in [0.05, 0.1) is 11.7 Å². The van der Waals surface area contributed by atoms with Gasteiger partial charge in [-0.25, -0.2) is 0 Å². The zero-order valence-corrected chi connectivity index (χ0v) is 8.79. The van der Waals surface area contributed by atoms with Crippen LogP contribution in [0.25, 0.3) is 0 Å². The summed E-state index contributed by atoms with van der Waals surface area (Å²) in [7, 11) is 0. The van der Waals surface area contributed by atoms with Gasteiger partial charge in [-0.05, 0) is 24.6 Å². The second-order valence-electron chi connectivity index (χ2n) is 3.40.